The van der Waals surface area contributed by atoms with E-state index < -0.39 is 5.41 Å². The predicted octanol–water partition coefficient (Wildman–Crippen LogP) is 4.24. The van der Waals surface area contributed by atoms with Gasteiger partial charge in [0.1, 0.15) is 11.6 Å². The van der Waals surface area contributed by atoms with E-state index >= 15 is 0 Å². The van der Waals surface area contributed by atoms with Gasteiger partial charge in [-0.05, 0) is 80.6 Å². The van der Waals surface area contributed by atoms with Crippen LogP contribution < -0.4 is 10.2 Å². The molecule has 13 heteroatoms. The van der Waals surface area contributed by atoms with Gasteiger partial charge in [-0.3, -0.25) is 19.6 Å². The lowest BCUT2D eigenvalue weighted by atomic mass is 9.87. The van der Waals surface area contributed by atoms with E-state index in [2.05, 4.69) is 47.2 Å². The monoisotopic (exact) mass is 663 g/mol. The molecule has 5 heterocycles. The van der Waals surface area contributed by atoms with Gasteiger partial charge in [-0.2, -0.15) is 5.10 Å². The van der Waals surface area contributed by atoms with Gasteiger partial charge in [0, 0.05) is 80.1 Å². The first-order chi connectivity index (χ1) is 23.8. The molecule has 1 unspecified atom stereocenters. The number of pyridine rings is 1. The van der Waals surface area contributed by atoms with Crippen molar-refractivity contribution < 1.29 is 18.7 Å². The minimum Gasteiger partial charge on any atom is -0.384 e. The first-order valence-corrected chi connectivity index (χ1v) is 16.4. The van der Waals surface area contributed by atoms with Crippen LogP contribution in [0.3, 0.4) is 0 Å². The number of rotatable bonds is 9. The molecule has 2 N–H and O–H groups in total. The van der Waals surface area contributed by atoms with Crippen LogP contribution in [0, 0.1) is 11.2 Å². The fourth-order valence-corrected chi connectivity index (χ4v) is 6.89. The van der Waals surface area contributed by atoms with E-state index in [0.29, 0.717) is 56.4 Å². The molecule has 2 aliphatic heterocycles. The van der Waals surface area contributed by atoms with Gasteiger partial charge in [0.25, 0.3) is 0 Å². The highest BCUT2D eigenvalue weighted by molar-refractivity contribution is 6.00. The van der Waals surface area contributed by atoms with Crippen molar-refractivity contribution in [2.45, 2.75) is 19.4 Å². The van der Waals surface area contributed by atoms with E-state index in [0.717, 1.165) is 27.8 Å². The average molecular weight is 664 g/mol. The second kappa shape index (κ2) is 13.7. The Morgan fingerprint density at radius 2 is 1.82 bits per heavy atom. The van der Waals surface area contributed by atoms with Crippen LogP contribution in [0.15, 0.2) is 79.3 Å². The number of fused-ring (bicyclic) bond motifs is 1. The van der Waals surface area contributed by atoms with E-state index in [1.807, 2.05) is 35.2 Å². The number of piperazine rings is 1. The molecule has 2 amide bonds. The summed E-state index contributed by atoms with van der Waals surface area (Å²) in [5, 5.41) is 11.3. The van der Waals surface area contributed by atoms with Crippen molar-refractivity contribution in [3.8, 4) is 22.6 Å². The van der Waals surface area contributed by atoms with Crippen LogP contribution in [0.5, 0.6) is 0 Å². The molecule has 12 nitrogen and oxygen atoms in total. The lowest BCUT2D eigenvalue weighted by Gasteiger charge is -2.41. The van der Waals surface area contributed by atoms with Crippen molar-refractivity contribution in [3.63, 3.8) is 0 Å². The summed E-state index contributed by atoms with van der Waals surface area (Å²) in [4.78, 5) is 46.8. The summed E-state index contributed by atoms with van der Waals surface area (Å²) in [7, 11) is 1.59. The fourth-order valence-electron chi connectivity index (χ4n) is 6.89. The zero-order valence-corrected chi connectivity index (χ0v) is 27.5. The highest BCUT2D eigenvalue weighted by Crippen LogP contribution is 2.34. The topological polar surface area (TPSA) is 132 Å². The van der Waals surface area contributed by atoms with E-state index in [-0.39, 0.29) is 36.8 Å². The molecule has 2 aliphatic rings. The third kappa shape index (κ3) is 6.72. The zero-order valence-electron chi connectivity index (χ0n) is 27.5. The molecule has 7 rings (SSSR count). The summed E-state index contributed by atoms with van der Waals surface area (Å²) in [5.74, 6) is 1.05. The maximum Gasteiger partial charge on any atom is 0.237 e. The first kappa shape index (κ1) is 32.3. The highest BCUT2D eigenvalue weighted by atomic mass is 19.1. The zero-order chi connectivity index (χ0) is 34.0. The Balaban J connectivity index is 0.970. The molecule has 2 fully saturated rings. The van der Waals surface area contributed by atoms with E-state index in [9.17, 15) is 14.0 Å². The maximum absolute atomic E-state index is 13.9. The fraction of sp³-hybridized carbons (Fsp3) is 0.333. The van der Waals surface area contributed by atoms with Crippen molar-refractivity contribution in [1.82, 2.24) is 34.9 Å². The van der Waals surface area contributed by atoms with Crippen molar-refractivity contribution in [3.05, 3.63) is 85.1 Å². The summed E-state index contributed by atoms with van der Waals surface area (Å²) < 4.78 is 19.1. The number of carbonyl (C=O) groups excluding carboxylic acids is 2. The van der Waals surface area contributed by atoms with Crippen molar-refractivity contribution in [1.29, 1.82) is 0 Å². The minimum atomic E-state index is -0.812. The minimum absolute atomic E-state index is 0.00699. The number of aromatic amines is 1. The Labute approximate surface area is 283 Å². The van der Waals surface area contributed by atoms with E-state index in [1.165, 1.54) is 12.1 Å². The molecule has 0 radical (unpaired) electrons. The highest BCUT2D eigenvalue weighted by Gasteiger charge is 2.45. The molecule has 252 valence electrons. The van der Waals surface area contributed by atoms with E-state index in [1.54, 1.807) is 43.9 Å². The van der Waals surface area contributed by atoms with Crippen molar-refractivity contribution >= 4 is 34.2 Å². The summed E-state index contributed by atoms with van der Waals surface area (Å²) in [5.41, 5.74) is 2.90. The van der Waals surface area contributed by atoms with Crippen LogP contribution in [0.1, 0.15) is 13.3 Å². The lowest BCUT2D eigenvalue weighted by molar-refractivity contribution is -0.135. The van der Waals surface area contributed by atoms with Crippen LogP contribution >= 0.6 is 0 Å². The largest absolute Gasteiger partial charge is 0.384 e. The molecule has 0 bridgehead atoms. The van der Waals surface area contributed by atoms with Crippen LogP contribution in [0.2, 0.25) is 0 Å². The number of nitrogens with one attached hydrogen (secondary N) is 2. The number of methoxy groups -OCH3 is 1. The van der Waals surface area contributed by atoms with Gasteiger partial charge >= 0.3 is 0 Å². The first-order valence-electron chi connectivity index (χ1n) is 16.4. The maximum atomic E-state index is 13.9. The number of amides is 2. The Morgan fingerprint density at radius 1 is 1.02 bits per heavy atom. The Morgan fingerprint density at radius 3 is 2.55 bits per heavy atom. The van der Waals surface area contributed by atoms with Crippen molar-refractivity contribution in [2.75, 3.05) is 63.2 Å². The van der Waals surface area contributed by atoms with Gasteiger partial charge in [0.2, 0.25) is 11.8 Å². The number of carbonyl (C=O) groups is 2. The molecule has 2 aromatic carbocycles. The predicted molar refractivity (Wildman–Crippen MR) is 184 cm³/mol. The number of aromatic nitrogens is 5. The third-order valence-electron chi connectivity index (χ3n) is 9.48. The standard InChI is InChI=1S/C36H38FN9O3/c1-24-20-45(31-11-6-26(19-40-31)34-38-13-3-14-39-34)16-17-46(24)32(47)21-44-15-12-36(22-44,23-49-2)35(48)41-28-9-10-30-29(18-28)33(43-42-30)25-4-7-27(37)8-5-25/h3-11,13-14,18-19,24H,12,15-17,20-23H2,1-2H3,(H,41,48)(H,42,43)/t24-,36?/m1/s1. The molecule has 0 spiro atoms. The SMILES string of the molecule is COCC1(C(=O)Nc2ccc3[nH]nc(-c4ccc(F)cc4)c3c2)CCN(CC(=O)N2CCN(c3ccc(-c4ncccn4)cn3)C[C@H]2C)C1. The van der Waals surface area contributed by atoms with Crippen LogP contribution in [0.4, 0.5) is 15.9 Å². The van der Waals surface area contributed by atoms with E-state index in [4.69, 9.17) is 4.74 Å². The van der Waals surface area contributed by atoms with Crippen molar-refractivity contribution in [2.24, 2.45) is 5.41 Å². The average Bonchev–Trinajstić information content (AvgIpc) is 3.73. The summed E-state index contributed by atoms with van der Waals surface area (Å²) in [6, 6.07) is 17.4. The number of ether oxygens (including phenoxy) is 1. The number of H-pyrrole nitrogens is 1. The molecule has 5 aromatic rings. The molecule has 49 heavy (non-hydrogen) atoms. The van der Waals surface area contributed by atoms with Crippen LogP contribution in [-0.4, -0.2) is 106 Å². The normalized spacial score (nSPS) is 19.8. The number of anilines is 2. The molecule has 0 aliphatic carbocycles. The number of hydrogen-bond donors (Lipinski definition) is 2. The summed E-state index contributed by atoms with van der Waals surface area (Å²) >= 11 is 0. The smallest absolute Gasteiger partial charge is 0.237 e. The van der Waals surface area contributed by atoms with Crippen LogP contribution in [0.25, 0.3) is 33.5 Å². The van der Waals surface area contributed by atoms with Crippen LogP contribution in [-0.2, 0) is 14.3 Å². The Hall–Kier alpha value is -5.27. The molecule has 2 saturated heterocycles. The molecular formula is C36H38FN9O3. The quantitative estimate of drug-likeness (QED) is 0.238. The second-order valence-corrected chi connectivity index (χ2v) is 12.8. The van der Waals surface area contributed by atoms with Gasteiger partial charge in [-0.1, -0.05) is 0 Å². The Kier molecular flexibility index (Phi) is 9.02. The summed E-state index contributed by atoms with van der Waals surface area (Å²) in [6.07, 6.45) is 5.76. The molecule has 2 atom stereocenters. The van der Waals surface area contributed by atoms with Gasteiger partial charge in [0.05, 0.1) is 29.8 Å². The van der Waals surface area contributed by atoms with Gasteiger partial charge in [-0.25, -0.2) is 19.3 Å². The third-order valence-corrected chi connectivity index (χ3v) is 9.48. The number of nitrogens with zero attached hydrogens (tertiary/aromatic N) is 7. The number of hydrogen-bond acceptors (Lipinski definition) is 9. The summed E-state index contributed by atoms with van der Waals surface area (Å²) in [6.45, 7) is 5.45. The molecular weight excluding hydrogens is 625 g/mol. The number of likely N-dealkylation sites (tertiary alicyclic amines) is 1. The number of benzene rings is 2. The Bertz CT molecular complexity index is 1940. The molecule has 3 aromatic heterocycles. The van der Waals surface area contributed by atoms with Gasteiger partial charge in [-0.15, -0.1) is 0 Å². The molecule has 0 saturated carbocycles. The van der Waals surface area contributed by atoms with Gasteiger partial charge < -0.3 is 19.9 Å². The number of halogens is 1. The van der Waals surface area contributed by atoms with Gasteiger partial charge in [0.15, 0.2) is 5.82 Å². The lowest BCUT2D eigenvalue weighted by Crippen LogP contribution is -2.56. The second-order valence-electron chi connectivity index (χ2n) is 12.8.